The quantitative estimate of drug-likeness (QED) is 0.750. The van der Waals surface area contributed by atoms with Gasteiger partial charge in [0.2, 0.25) is 5.91 Å². The molecule has 0 spiro atoms. The largest absolute Gasteiger partial charge is 0.480 e. The Bertz CT molecular complexity index is 355. The van der Waals surface area contributed by atoms with Gasteiger partial charge in [-0.1, -0.05) is 20.8 Å². The van der Waals surface area contributed by atoms with Gasteiger partial charge < -0.3 is 10.4 Å². The van der Waals surface area contributed by atoms with Crippen molar-refractivity contribution in [3.05, 3.63) is 0 Å². The van der Waals surface area contributed by atoms with E-state index in [9.17, 15) is 14.7 Å². The van der Waals surface area contributed by atoms with Crippen LogP contribution in [0.25, 0.3) is 0 Å². The van der Waals surface area contributed by atoms with Crippen molar-refractivity contribution in [2.24, 2.45) is 0 Å². The Kier molecular flexibility index (Phi) is 5.99. The monoisotopic (exact) mass is 284 g/mol. The van der Waals surface area contributed by atoms with E-state index in [0.717, 1.165) is 19.3 Å². The molecule has 1 aliphatic heterocycles. The van der Waals surface area contributed by atoms with Crippen LogP contribution in [0.5, 0.6) is 0 Å². The summed E-state index contributed by atoms with van der Waals surface area (Å²) in [6.45, 7) is 8.47. The van der Waals surface area contributed by atoms with Gasteiger partial charge in [-0.3, -0.25) is 14.5 Å². The Morgan fingerprint density at radius 3 is 2.35 bits per heavy atom. The first-order valence-corrected chi connectivity index (χ1v) is 7.73. The molecule has 0 aromatic rings. The van der Waals surface area contributed by atoms with Crippen LogP contribution in [-0.2, 0) is 9.59 Å². The number of likely N-dealkylation sites (tertiary alicyclic amines) is 1. The van der Waals surface area contributed by atoms with E-state index < -0.39 is 17.6 Å². The van der Waals surface area contributed by atoms with E-state index in [2.05, 4.69) is 5.32 Å². The zero-order valence-corrected chi connectivity index (χ0v) is 13.1. The molecule has 1 heterocycles. The van der Waals surface area contributed by atoms with Crippen molar-refractivity contribution in [1.29, 1.82) is 0 Å². The predicted octanol–water partition coefficient (Wildman–Crippen LogP) is 2.01. The van der Waals surface area contributed by atoms with Crippen LogP contribution in [0.15, 0.2) is 0 Å². The summed E-state index contributed by atoms with van der Waals surface area (Å²) in [5.41, 5.74) is -0.870. The highest BCUT2D eigenvalue weighted by molar-refractivity contribution is 5.84. The Balaban J connectivity index is 2.82. The summed E-state index contributed by atoms with van der Waals surface area (Å²) >= 11 is 0. The molecule has 1 amide bonds. The van der Waals surface area contributed by atoms with E-state index in [1.54, 1.807) is 0 Å². The summed E-state index contributed by atoms with van der Waals surface area (Å²) in [7, 11) is 0. The Morgan fingerprint density at radius 2 is 1.90 bits per heavy atom. The fraction of sp³-hybridized carbons (Fsp3) is 0.867. The first-order valence-electron chi connectivity index (χ1n) is 7.73. The molecule has 5 nitrogen and oxygen atoms in total. The molecule has 0 aliphatic carbocycles. The Hall–Kier alpha value is -1.10. The molecule has 0 aromatic carbocycles. The molecule has 20 heavy (non-hydrogen) atoms. The zero-order valence-electron chi connectivity index (χ0n) is 13.1. The number of aliphatic carboxylic acids is 1. The van der Waals surface area contributed by atoms with E-state index in [1.165, 1.54) is 0 Å². The van der Waals surface area contributed by atoms with Crippen LogP contribution in [-0.4, -0.2) is 46.1 Å². The van der Waals surface area contributed by atoms with E-state index in [-0.39, 0.29) is 11.9 Å². The van der Waals surface area contributed by atoms with Crippen LogP contribution in [0.1, 0.15) is 59.8 Å². The maximum atomic E-state index is 12.3. The molecule has 0 bridgehead atoms. The zero-order chi connectivity index (χ0) is 15.3. The number of nitrogens with zero attached hydrogens (tertiary/aromatic N) is 1. The number of hydrogen-bond donors (Lipinski definition) is 2. The maximum absolute atomic E-state index is 12.3. The molecular weight excluding hydrogens is 256 g/mol. The van der Waals surface area contributed by atoms with Gasteiger partial charge in [-0.15, -0.1) is 0 Å². The summed E-state index contributed by atoms with van der Waals surface area (Å²) in [5, 5.41) is 12.6. The van der Waals surface area contributed by atoms with Crippen molar-refractivity contribution < 1.29 is 14.7 Å². The second-order valence-corrected chi connectivity index (χ2v) is 5.69. The normalized spacial score (nSPS) is 24.9. The molecule has 1 rings (SSSR count). The molecular formula is C15H28N2O3. The first-order chi connectivity index (χ1) is 9.42. The van der Waals surface area contributed by atoms with Gasteiger partial charge in [0.1, 0.15) is 5.54 Å². The Labute approximate surface area is 121 Å². The van der Waals surface area contributed by atoms with Gasteiger partial charge in [0.25, 0.3) is 0 Å². The third-order valence-corrected chi connectivity index (χ3v) is 4.70. The molecule has 1 aliphatic rings. The van der Waals surface area contributed by atoms with Crippen LogP contribution >= 0.6 is 0 Å². The average molecular weight is 284 g/mol. The van der Waals surface area contributed by atoms with Crippen LogP contribution < -0.4 is 5.32 Å². The number of carbonyl (C=O) groups is 2. The molecule has 2 atom stereocenters. The third kappa shape index (κ3) is 3.14. The molecule has 1 fully saturated rings. The van der Waals surface area contributed by atoms with Gasteiger partial charge in [0.15, 0.2) is 0 Å². The number of carbonyl (C=O) groups excluding carboxylic acids is 1. The van der Waals surface area contributed by atoms with Crippen molar-refractivity contribution in [2.75, 3.05) is 6.54 Å². The molecule has 0 aromatic heterocycles. The van der Waals surface area contributed by atoms with Gasteiger partial charge in [0, 0.05) is 12.6 Å². The number of nitrogens with one attached hydrogen (secondary N) is 1. The summed E-state index contributed by atoms with van der Waals surface area (Å²) in [4.78, 5) is 25.9. The summed E-state index contributed by atoms with van der Waals surface area (Å²) < 4.78 is 0. The second kappa shape index (κ2) is 7.07. The van der Waals surface area contributed by atoms with Crippen LogP contribution in [0.2, 0.25) is 0 Å². The van der Waals surface area contributed by atoms with E-state index in [0.29, 0.717) is 19.4 Å². The van der Waals surface area contributed by atoms with Crippen LogP contribution in [0.4, 0.5) is 0 Å². The van der Waals surface area contributed by atoms with Crippen LogP contribution in [0.3, 0.4) is 0 Å². The molecule has 2 N–H and O–H groups in total. The number of amides is 1. The van der Waals surface area contributed by atoms with Gasteiger partial charge >= 0.3 is 5.97 Å². The fourth-order valence-electron chi connectivity index (χ4n) is 3.18. The number of rotatable bonds is 7. The molecule has 1 saturated heterocycles. The maximum Gasteiger partial charge on any atom is 0.324 e. The lowest BCUT2D eigenvalue weighted by molar-refractivity contribution is -0.152. The fourth-order valence-corrected chi connectivity index (χ4v) is 3.18. The van der Waals surface area contributed by atoms with Crippen molar-refractivity contribution >= 4 is 11.9 Å². The highest BCUT2D eigenvalue weighted by atomic mass is 16.4. The van der Waals surface area contributed by atoms with E-state index in [4.69, 9.17) is 0 Å². The number of hydrogen-bond acceptors (Lipinski definition) is 3. The topological polar surface area (TPSA) is 69.6 Å². The van der Waals surface area contributed by atoms with Crippen molar-refractivity contribution in [1.82, 2.24) is 10.2 Å². The smallest absolute Gasteiger partial charge is 0.324 e. The van der Waals surface area contributed by atoms with Crippen LogP contribution in [0, 0.1) is 0 Å². The SMILES string of the molecule is CCC(CC)NC(=O)C(C)N1CCCC1(CC)C(=O)O. The minimum atomic E-state index is -0.870. The highest BCUT2D eigenvalue weighted by Gasteiger charge is 2.49. The standard InChI is InChI=1S/C15H28N2O3/c1-5-12(6-2)16-13(18)11(4)17-10-8-9-15(17,7-3)14(19)20/h11-12H,5-10H2,1-4H3,(H,16,18)(H,19,20). The number of carboxylic acids is 1. The summed E-state index contributed by atoms with van der Waals surface area (Å²) in [6, 6.07) is -0.220. The van der Waals surface area contributed by atoms with Gasteiger partial charge in [0.05, 0.1) is 6.04 Å². The predicted molar refractivity (Wildman–Crippen MR) is 78.6 cm³/mol. The van der Waals surface area contributed by atoms with Crippen molar-refractivity contribution in [3.8, 4) is 0 Å². The van der Waals surface area contributed by atoms with E-state index >= 15 is 0 Å². The van der Waals surface area contributed by atoms with Crippen molar-refractivity contribution in [3.63, 3.8) is 0 Å². The number of carboxylic acid groups (broad SMARTS) is 1. The lowest BCUT2D eigenvalue weighted by Crippen LogP contribution is -2.58. The lowest BCUT2D eigenvalue weighted by atomic mass is 9.92. The molecule has 5 heteroatoms. The molecule has 0 saturated carbocycles. The molecule has 2 unspecified atom stereocenters. The van der Waals surface area contributed by atoms with Gasteiger partial charge in [-0.05, 0) is 39.0 Å². The summed E-state index contributed by atoms with van der Waals surface area (Å²) in [6.07, 6.45) is 3.79. The highest BCUT2D eigenvalue weighted by Crippen LogP contribution is 2.34. The lowest BCUT2D eigenvalue weighted by Gasteiger charge is -2.37. The third-order valence-electron chi connectivity index (χ3n) is 4.70. The average Bonchev–Trinajstić information content (AvgIpc) is 2.88. The van der Waals surface area contributed by atoms with Gasteiger partial charge in [-0.25, -0.2) is 0 Å². The second-order valence-electron chi connectivity index (χ2n) is 5.69. The van der Waals surface area contributed by atoms with E-state index in [1.807, 2.05) is 32.6 Å². The minimum absolute atomic E-state index is 0.0559. The first kappa shape index (κ1) is 17.0. The van der Waals surface area contributed by atoms with Crippen molar-refractivity contribution in [2.45, 2.75) is 77.4 Å². The minimum Gasteiger partial charge on any atom is -0.480 e. The molecule has 0 radical (unpaired) electrons. The molecule has 116 valence electrons. The Morgan fingerprint density at radius 1 is 1.30 bits per heavy atom. The van der Waals surface area contributed by atoms with Gasteiger partial charge in [-0.2, -0.15) is 0 Å². The summed E-state index contributed by atoms with van der Waals surface area (Å²) in [5.74, 6) is -0.862.